The van der Waals surface area contributed by atoms with E-state index < -0.39 is 0 Å². The smallest absolute Gasteiger partial charge is 0.235 e. The third kappa shape index (κ3) is 4.52. The van der Waals surface area contributed by atoms with Crippen molar-refractivity contribution < 1.29 is 0 Å². The van der Waals surface area contributed by atoms with Crippen molar-refractivity contribution in [2.75, 3.05) is 0 Å². The van der Waals surface area contributed by atoms with E-state index in [1.807, 2.05) is 48.7 Å². The van der Waals surface area contributed by atoms with Crippen molar-refractivity contribution >= 4 is 43.7 Å². The molecule has 4 heterocycles. The molecule has 10 rings (SSSR count). The van der Waals surface area contributed by atoms with E-state index in [0.717, 1.165) is 61.3 Å². The molecular formula is C45H29N5. The third-order valence-corrected chi connectivity index (χ3v) is 9.60. The van der Waals surface area contributed by atoms with Crippen molar-refractivity contribution in [2.24, 2.45) is 0 Å². The highest BCUT2D eigenvalue weighted by atomic mass is 15.2. The summed E-state index contributed by atoms with van der Waals surface area (Å²) in [5.41, 5.74) is 12.4. The summed E-state index contributed by atoms with van der Waals surface area (Å²) in [5.74, 6) is 0.606. The molecule has 5 nitrogen and oxygen atoms in total. The molecule has 0 saturated heterocycles. The van der Waals surface area contributed by atoms with Crippen LogP contribution in [0.4, 0.5) is 0 Å². The Bertz CT molecular complexity index is 2800. The molecule has 0 aliphatic carbocycles. The van der Waals surface area contributed by atoms with Crippen LogP contribution in [0.2, 0.25) is 0 Å². The number of para-hydroxylation sites is 2. The molecule has 0 bridgehead atoms. The maximum Gasteiger partial charge on any atom is 0.235 e. The van der Waals surface area contributed by atoms with E-state index in [2.05, 4.69) is 137 Å². The van der Waals surface area contributed by atoms with Crippen LogP contribution in [-0.4, -0.2) is 24.1 Å². The number of aromatic nitrogens is 5. The molecule has 0 fully saturated rings. The average Bonchev–Trinajstić information content (AvgIpc) is 3.71. The Kier molecular flexibility index (Phi) is 6.42. The molecule has 0 aliphatic heterocycles. The van der Waals surface area contributed by atoms with Gasteiger partial charge in [0.15, 0.2) is 0 Å². The normalized spacial score (nSPS) is 11.6. The van der Waals surface area contributed by atoms with E-state index in [9.17, 15) is 0 Å². The van der Waals surface area contributed by atoms with Crippen LogP contribution in [0.25, 0.3) is 89.0 Å². The second-order valence-corrected chi connectivity index (χ2v) is 12.5. The fraction of sp³-hybridized carbons (Fsp3) is 0. The van der Waals surface area contributed by atoms with E-state index in [1.165, 1.54) is 21.8 Å². The van der Waals surface area contributed by atoms with Crippen molar-refractivity contribution in [2.45, 2.75) is 0 Å². The first-order valence-corrected chi connectivity index (χ1v) is 16.8. The number of hydrogen-bond acceptors (Lipinski definition) is 3. The first-order valence-electron chi connectivity index (χ1n) is 16.8. The van der Waals surface area contributed by atoms with Crippen LogP contribution in [-0.2, 0) is 0 Å². The number of nitrogens with zero attached hydrogens (tertiary/aromatic N) is 5. The summed E-state index contributed by atoms with van der Waals surface area (Å²) in [6.45, 7) is 0. The first kappa shape index (κ1) is 28.2. The first-order chi connectivity index (χ1) is 24.8. The molecule has 0 unspecified atom stereocenters. The average molecular weight is 640 g/mol. The Morgan fingerprint density at radius 3 is 1.58 bits per heavy atom. The second kappa shape index (κ2) is 11.4. The zero-order valence-electron chi connectivity index (χ0n) is 27.0. The van der Waals surface area contributed by atoms with Crippen molar-refractivity contribution in [1.82, 2.24) is 24.1 Å². The van der Waals surface area contributed by atoms with Crippen LogP contribution < -0.4 is 0 Å². The zero-order chi connectivity index (χ0) is 33.0. The van der Waals surface area contributed by atoms with Crippen LogP contribution in [0, 0.1) is 0 Å². The SMILES string of the molecule is c1ccc(-c2cc(-c3ccccc3)nc(-n3c4cc(-c5ccc6c7ccccc7n(-c7ccccc7)c6c5)ccc4c4ncccc43)n2)cc1. The summed E-state index contributed by atoms with van der Waals surface area (Å²) < 4.78 is 4.53. The Labute approximate surface area is 288 Å². The van der Waals surface area contributed by atoms with E-state index in [4.69, 9.17) is 15.0 Å². The molecule has 0 atom stereocenters. The molecule has 10 aromatic rings. The Hall–Kier alpha value is -6.85. The predicted octanol–water partition coefficient (Wildman–Crippen LogP) is 11.1. The lowest BCUT2D eigenvalue weighted by atomic mass is 10.0. The van der Waals surface area contributed by atoms with Crippen molar-refractivity contribution in [1.29, 1.82) is 0 Å². The number of rotatable bonds is 5. The van der Waals surface area contributed by atoms with Crippen LogP contribution in [0.3, 0.4) is 0 Å². The van der Waals surface area contributed by atoms with E-state index >= 15 is 0 Å². The maximum absolute atomic E-state index is 5.21. The molecule has 0 spiro atoms. The van der Waals surface area contributed by atoms with Crippen LogP contribution in [0.5, 0.6) is 0 Å². The quantitative estimate of drug-likeness (QED) is 0.188. The fourth-order valence-corrected chi connectivity index (χ4v) is 7.28. The van der Waals surface area contributed by atoms with Gasteiger partial charge in [-0.2, -0.15) is 0 Å². The third-order valence-electron chi connectivity index (χ3n) is 9.60. The molecule has 0 saturated carbocycles. The number of hydrogen-bond donors (Lipinski definition) is 0. The number of pyridine rings is 1. The van der Waals surface area contributed by atoms with Crippen molar-refractivity contribution in [3.8, 4) is 45.3 Å². The van der Waals surface area contributed by atoms with Gasteiger partial charge in [-0.15, -0.1) is 0 Å². The molecule has 50 heavy (non-hydrogen) atoms. The van der Waals surface area contributed by atoms with Gasteiger partial charge in [0, 0.05) is 39.2 Å². The molecule has 0 N–H and O–H groups in total. The zero-order valence-corrected chi connectivity index (χ0v) is 27.0. The highest BCUT2D eigenvalue weighted by Crippen LogP contribution is 2.38. The number of benzene rings is 6. The van der Waals surface area contributed by atoms with Gasteiger partial charge in [0.1, 0.15) is 0 Å². The molecule has 234 valence electrons. The van der Waals surface area contributed by atoms with Crippen molar-refractivity contribution in [3.05, 3.63) is 176 Å². The molecule has 0 radical (unpaired) electrons. The molecule has 6 aromatic carbocycles. The Morgan fingerprint density at radius 2 is 0.900 bits per heavy atom. The van der Waals surface area contributed by atoms with E-state index in [1.54, 1.807) is 0 Å². The standard InChI is InChI=1S/C45H29N5/c1-4-13-30(14-5-1)38-29-39(31-15-6-2-7-16-31)48-45(47-38)50-41-21-12-26-46-44(41)37-25-23-33(28-43(37)50)32-22-24-36-35-19-10-11-20-40(35)49(42(36)27-32)34-17-8-3-9-18-34/h1-29H. The monoisotopic (exact) mass is 639 g/mol. The topological polar surface area (TPSA) is 48.5 Å². The lowest BCUT2D eigenvalue weighted by molar-refractivity contribution is 0.994. The summed E-state index contributed by atoms with van der Waals surface area (Å²) in [5, 5.41) is 3.52. The summed E-state index contributed by atoms with van der Waals surface area (Å²) in [4.78, 5) is 15.3. The van der Waals surface area contributed by atoms with Gasteiger partial charge in [-0.1, -0.05) is 115 Å². The predicted molar refractivity (Wildman–Crippen MR) is 205 cm³/mol. The lowest BCUT2D eigenvalue weighted by Gasteiger charge is -2.12. The summed E-state index contributed by atoms with van der Waals surface area (Å²) in [6.07, 6.45) is 1.85. The van der Waals surface area contributed by atoms with Crippen LogP contribution in [0.15, 0.2) is 176 Å². The number of fused-ring (bicyclic) bond motifs is 6. The minimum atomic E-state index is 0.606. The minimum absolute atomic E-state index is 0.606. The molecular weight excluding hydrogens is 611 g/mol. The fourth-order valence-electron chi connectivity index (χ4n) is 7.28. The summed E-state index contributed by atoms with van der Waals surface area (Å²) >= 11 is 0. The van der Waals surface area contributed by atoms with Gasteiger partial charge >= 0.3 is 0 Å². The Balaban J connectivity index is 1.22. The molecule has 5 heteroatoms. The van der Waals surface area contributed by atoms with Crippen molar-refractivity contribution in [3.63, 3.8) is 0 Å². The van der Waals surface area contributed by atoms with Gasteiger partial charge in [-0.05, 0) is 65.7 Å². The minimum Gasteiger partial charge on any atom is -0.309 e. The molecule has 4 aromatic heterocycles. The largest absolute Gasteiger partial charge is 0.309 e. The highest BCUT2D eigenvalue weighted by molar-refractivity contribution is 6.11. The molecule has 0 aliphatic rings. The van der Waals surface area contributed by atoms with Gasteiger partial charge in [0.25, 0.3) is 0 Å². The Morgan fingerprint density at radius 1 is 0.360 bits per heavy atom. The van der Waals surface area contributed by atoms with Gasteiger partial charge in [-0.25, -0.2) is 9.97 Å². The van der Waals surface area contributed by atoms with Gasteiger partial charge in [-0.3, -0.25) is 9.55 Å². The van der Waals surface area contributed by atoms with E-state index in [0.29, 0.717) is 5.95 Å². The lowest BCUT2D eigenvalue weighted by Crippen LogP contribution is -2.04. The second-order valence-electron chi connectivity index (χ2n) is 12.5. The van der Waals surface area contributed by atoms with E-state index in [-0.39, 0.29) is 0 Å². The van der Waals surface area contributed by atoms with Gasteiger partial charge < -0.3 is 4.57 Å². The van der Waals surface area contributed by atoms with Gasteiger partial charge in [0.05, 0.1) is 39.0 Å². The van der Waals surface area contributed by atoms with Gasteiger partial charge in [0.2, 0.25) is 5.95 Å². The summed E-state index contributed by atoms with van der Waals surface area (Å²) in [7, 11) is 0. The maximum atomic E-state index is 5.21. The highest BCUT2D eigenvalue weighted by Gasteiger charge is 2.19. The molecule has 0 amide bonds. The van der Waals surface area contributed by atoms with Crippen LogP contribution >= 0.6 is 0 Å². The van der Waals surface area contributed by atoms with Crippen LogP contribution in [0.1, 0.15) is 0 Å². The summed E-state index contributed by atoms with van der Waals surface area (Å²) in [6, 6.07) is 59.5.